The molecule has 1 atom stereocenters. The molecule has 6 nitrogen and oxygen atoms in total. The summed E-state index contributed by atoms with van der Waals surface area (Å²) in [6.07, 6.45) is 1.88. The summed E-state index contributed by atoms with van der Waals surface area (Å²) in [6.45, 7) is 9.18. The molecule has 2 rings (SSSR count). The summed E-state index contributed by atoms with van der Waals surface area (Å²) in [5, 5.41) is 8.25. The Bertz CT molecular complexity index is 665. The number of aromatic nitrogens is 3. The van der Waals surface area contributed by atoms with Crippen molar-refractivity contribution in [3.8, 4) is 0 Å². The summed E-state index contributed by atoms with van der Waals surface area (Å²) in [5.41, 5.74) is 8.34. The lowest BCUT2D eigenvalue weighted by molar-refractivity contribution is -0.119. The van der Waals surface area contributed by atoms with Gasteiger partial charge in [0.1, 0.15) is 0 Å². The average molecular weight is 313 g/mol. The lowest BCUT2D eigenvalue weighted by Gasteiger charge is -2.27. The second-order valence-electron chi connectivity index (χ2n) is 5.82. The number of nitrogens with two attached hydrogens (primary N) is 1. The standard InChI is InChI=1S/C17H23N5O/c1-13(2)9-22-11-16(19-20-22)10-21(12-17(18)23)14(3)15-7-5-4-6-8-15/h4-8,11,14H,1,9-10,12H2,2-3H3,(H2,18,23)/t14-/m1/s1. The maximum absolute atomic E-state index is 11.4. The first-order valence-electron chi connectivity index (χ1n) is 7.56. The molecule has 122 valence electrons. The third kappa shape index (κ3) is 5.03. The van der Waals surface area contributed by atoms with Gasteiger partial charge in [0.05, 0.1) is 25.0 Å². The summed E-state index contributed by atoms with van der Waals surface area (Å²) >= 11 is 0. The molecule has 1 heterocycles. The van der Waals surface area contributed by atoms with Crippen LogP contribution in [0.4, 0.5) is 0 Å². The molecule has 0 spiro atoms. The fraction of sp³-hybridized carbons (Fsp3) is 0.353. The summed E-state index contributed by atoms with van der Waals surface area (Å²) in [4.78, 5) is 13.4. The summed E-state index contributed by atoms with van der Waals surface area (Å²) in [5.74, 6) is -0.359. The minimum atomic E-state index is -0.359. The van der Waals surface area contributed by atoms with Gasteiger partial charge in [0, 0.05) is 12.6 Å². The Morgan fingerprint density at radius 3 is 2.70 bits per heavy atom. The van der Waals surface area contributed by atoms with Crippen molar-refractivity contribution in [1.82, 2.24) is 19.9 Å². The Morgan fingerprint density at radius 1 is 1.39 bits per heavy atom. The van der Waals surface area contributed by atoms with E-state index in [0.717, 1.165) is 16.8 Å². The molecule has 2 N–H and O–H groups in total. The van der Waals surface area contributed by atoms with Gasteiger partial charge in [-0.05, 0) is 19.4 Å². The fourth-order valence-electron chi connectivity index (χ4n) is 2.45. The van der Waals surface area contributed by atoms with E-state index < -0.39 is 0 Å². The number of nitrogens with zero attached hydrogens (tertiary/aromatic N) is 4. The van der Waals surface area contributed by atoms with E-state index >= 15 is 0 Å². The van der Waals surface area contributed by atoms with Crippen molar-refractivity contribution in [2.24, 2.45) is 5.73 Å². The molecule has 0 fully saturated rings. The van der Waals surface area contributed by atoms with Crippen molar-refractivity contribution in [2.45, 2.75) is 33.0 Å². The van der Waals surface area contributed by atoms with Crippen molar-refractivity contribution in [1.29, 1.82) is 0 Å². The van der Waals surface area contributed by atoms with Gasteiger partial charge in [-0.15, -0.1) is 5.10 Å². The number of primary amides is 1. The van der Waals surface area contributed by atoms with Crippen LogP contribution in [0.1, 0.15) is 31.1 Å². The maximum Gasteiger partial charge on any atom is 0.231 e. The Morgan fingerprint density at radius 2 is 2.09 bits per heavy atom. The maximum atomic E-state index is 11.4. The number of hydrogen-bond donors (Lipinski definition) is 1. The SMILES string of the molecule is C=C(C)Cn1cc(CN(CC(N)=O)[C@H](C)c2ccccc2)nn1. The van der Waals surface area contributed by atoms with Crippen LogP contribution in [-0.2, 0) is 17.9 Å². The molecule has 0 unspecified atom stereocenters. The molecule has 1 aromatic carbocycles. The third-order valence-corrected chi connectivity index (χ3v) is 3.57. The Kier molecular flexibility index (Phi) is 5.65. The number of rotatable bonds is 8. The largest absolute Gasteiger partial charge is 0.369 e. The topological polar surface area (TPSA) is 77.0 Å². The number of carbonyl (C=O) groups excluding carboxylic acids is 1. The molecule has 0 aliphatic rings. The molecule has 0 radical (unpaired) electrons. The first-order chi connectivity index (χ1) is 11.0. The van der Waals surface area contributed by atoms with E-state index in [4.69, 9.17) is 5.73 Å². The number of carbonyl (C=O) groups is 1. The van der Waals surface area contributed by atoms with Crippen molar-refractivity contribution in [3.63, 3.8) is 0 Å². The summed E-state index contributed by atoms with van der Waals surface area (Å²) in [6, 6.07) is 10.1. The zero-order valence-electron chi connectivity index (χ0n) is 13.6. The predicted molar refractivity (Wildman–Crippen MR) is 89.3 cm³/mol. The second kappa shape index (κ2) is 7.69. The Balaban J connectivity index is 2.13. The number of amides is 1. The van der Waals surface area contributed by atoms with Gasteiger partial charge in [0.15, 0.2) is 0 Å². The van der Waals surface area contributed by atoms with Crippen LogP contribution < -0.4 is 5.73 Å². The van der Waals surface area contributed by atoms with Gasteiger partial charge in [-0.25, -0.2) is 4.68 Å². The zero-order chi connectivity index (χ0) is 16.8. The summed E-state index contributed by atoms with van der Waals surface area (Å²) in [7, 11) is 0. The second-order valence-corrected chi connectivity index (χ2v) is 5.82. The van der Waals surface area contributed by atoms with Gasteiger partial charge in [-0.2, -0.15) is 0 Å². The van der Waals surface area contributed by atoms with Crippen LogP contribution in [0.25, 0.3) is 0 Å². The van der Waals surface area contributed by atoms with E-state index in [1.54, 1.807) is 4.68 Å². The van der Waals surface area contributed by atoms with Crippen molar-refractivity contribution in [2.75, 3.05) is 6.54 Å². The van der Waals surface area contributed by atoms with Crippen LogP contribution in [0, 0.1) is 0 Å². The highest BCUT2D eigenvalue weighted by molar-refractivity contribution is 5.76. The first-order valence-corrected chi connectivity index (χ1v) is 7.56. The summed E-state index contributed by atoms with van der Waals surface area (Å²) < 4.78 is 1.74. The highest BCUT2D eigenvalue weighted by Gasteiger charge is 2.19. The van der Waals surface area contributed by atoms with Crippen LogP contribution in [0.2, 0.25) is 0 Å². The molecular weight excluding hydrogens is 290 g/mol. The molecule has 1 aromatic heterocycles. The van der Waals surface area contributed by atoms with Crippen LogP contribution in [0.15, 0.2) is 48.7 Å². The van der Waals surface area contributed by atoms with E-state index in [1.165, 1.54) is 0 Å². The fourth-order valence-corrected chi connectivity index (χ4v) is 2.45. The van der Waals surface area contributed by atoms with Crippen LogP contribution in [0.5, 0.6) is 0 Å². The lowest BCUT2D eigenvalue weighted by Crippen LogP contribution is -2.35. The van der Waals surface area contributed by atoms with Gasteiger partial charge in [0.2, 0.25) is 5.91 Å². The van der Waals surface area contributed by atoms with Gasteiger partial charge in [-0.3, -0.25) is 9.69 Å². The van der Waals surface area contributed by atoms with E-state index in [0.29, 0.717) is 13.1 Å². The van der Waals surface area contributed by atoms with Gasteiger partial charge >= 0.3 is 0 Å². The van der Waals surface area contributed by atoms with Crippen LogP contribution >= 0.6 is 0 Å². The normalized spacial score (nSPS) is 12.3. The molecule has 0 bridgehead atoms. The molecule has 0 saturated heterocycles. The van der Waals surface area contributed by atoms with Gasteiger partial charge < -0.3 is 5.73 Å². The van der Waals surface area contributed by atoms with E-state index in [-0.39, 0.29) is 18.5 Å². The van der Waals surface area contributed by atoms with E-state index in [2.05, 4.69) is 23.8 Å². The molecular formula is C17H23N5O. The van der Waals surface area contributed by atoms with E-state index in [1.807, 2.05) is 48.4 Å². The zero-order valence-corrected chi connectivity index (χ0v) is 13.6. The highest BCUT2D eigenvalue weighted by atomic mass is 16.1. The minimum Gasteiger partial charge on any atom is -0.369 e. The molecule has 0 aliphatic carbocycles. The Hall–Kier alpha value is -2.47. The molecule has 1 amide bonds. The highest BCUT2D eigenvalue weighted by Crippen LogP contribution is 2.21. The first kappa shape index (κ1) is 16.9. The van der Waals surface area contributed by atoms with Crippen molar-refractivity contribution < 1.29 is 4.79 Å². The third-order valence-electron chi connectivity index (χ3n) is 3.57. The Labute approximate surface area is 136 Å². The van der Waals surface area contributed by atoms with Crippen LogP contribution in [0.3, 0.4) is 0 Å². The molecule has 6 heteroatoms. The monoisotopic (exact) mass is 313 g/mol. The smallest absolute Gasteiger partial charge is 0.231 e. The minimum absolute atomic E-state index is 0.0509. The average Bonchev–Trinajstić information content (AvgIpc) is 2.92. The number of benzene rings is 1. The van der Waals surface area contributed by atoms with Crippen molar-refractivity contribution in [3.05, 3.63) is 59.9 Å². The van der Waals surface area contributed by atoms with Crippen molar-refractivity contribution >= 4 is 5.91 Å². The van der Waals surface area contributed by atoms with Crippen LogP contribution in [-0.4, -0.2) is 32.3 Å². The molecule has 2 aromatic rings. The van der Waals surface area contributed by atoms with Gasteiger partial charge in [0.25, 0.3) is 0 Å². The molecule has 0 saturated carbocycles. The predicted octanol–water partition coefficient (Wildman–Crippen LogP) is 1.90. The number of allylic oxidation sites excluding steroid dienone is 1. The lowest BCUT2D eigenvalue weighted by atomic mass is 10.1. The van der Waals surface area contributed by atoms with Gasteiger partial charge in [-0.1, -0.05) is 47.7 Å². The van der Waals surface area contributed by atoms with E-state index in [9.17, 15) is 4.79 Å². The number of hydrogen-bond acceptors (Lipinski definition) is 4. The molecule has 0 aliphatic heterocycles. The quantitative estimate of drug-likeness (QED) is 0.755. The molecule has 23 heavy (non-hydrogen) atoms.